The number of hydrazone groups is 1. The van der Waals surface area contributed by atoms with Gasteiger partial charge in [-0.15, -0.1) is 0 Å². The highest BCUT2D eigenvalue weighted by Crippen LogP contribution is 2.17. The van der Waals surface area contributed by atoms with E-state index < -0.39 is 5.91 Å². The molecule has 1 amide bonds. The number of hydrogen-bond donors (Lipinski definition) is 2. The minimum atomic E-state index is -0.401. The Hall–Kier alpha value is -2.33. The van der Waals surface area contributed by atoms with Gasteiger partial charge in [0.05, 0.1) is 16.8 Å². The predicted molar refractivity (Wildman–Crippen MR) is 79.4 cm³/mol. The second kappa shape index (κ2) is 6.21. The van der Waals surface area contributed by atoms with Gasteiger partial charge in [-0.3, -0.25) is 4.79 Å². The molecule has 0 aliphatic heterocycles. The number of aromatic hydroxyl groups is 1. The number of aryl methyl sites for hydroxylation is 1. The summed E-state index contributed by atoms with van der Waals surface area (Å²) in [7, 11) is 0. The van der Waals surface area contributed by atoms with Crippen LogP contribution >= 0.6 is 11.6 Å². The Morgan fingerprint density at radius 1 is 1.30 bits per heavy atom. The second-order valence-electron chi connectivity index (χ2n) is 4.24. The third-order valence-corrected chi connectivity index (χ3v) is 2.99. The molecule has 2 aromatic carbocycles. The Morgan fingerprint density at radius 2 is 2.05 bits per heavy atom. The standard InChI is InChI=1S/C15H13ClN2O2/c1-10-6-7-12(13(16)8-10)15(20)18-17-9-11-4-2-3-5-14(11)19/h2-9,19H,1H3,(H,18,20)/b17-9-. The van der Waals surface area contributed by atoms with Crippen LogP contribution in [-0.2, 0) is 0 Å². The molecule has 4 nitrogen and oxygen atoms in total. The van der Waals surface area contributed by atoms with E-state index in [0.717, 1.165) is 5.56 Å². The van der Waals surface area contributed by atoms with E-state index in [1.54, 1.807) is 42.5 Å². The Labute approximate surface area is 121 Å². The monoisotopic (exact) mass is 288 g/mol. The van der Waals surface area contributed by atoms with Crippen molar-refractivity contribution in [1.29, 1.82) is 0 Å². The van der Waals surface area contributed by atoms with Crippen molar-refractivity contribution >= 4 is 23.7 Å². The lowest BCUT2D eigenvalue weighted by atomic mass is 10.1. The van der Waals surface area contributed by atoms with Gasteiger partial charge >= 0.3 is 0 Å². The molecular weight excluding hydrogens is 276 g/mol. The van der Waals surface area contributed by atoms with Crippen molar-refractivity contribution in [3.05, 3.63) is 64.2 Å². The molecule has 0 radical (unpaired) electrons. The number of carbonyl (C=O) groups is 1. The van der Waals surface area contributed by atoms with Gasteiger partial charge < -0.3 is 5.11 Å². The number of para-hydroxylation sites is 1. The van der Waals surface area contributed by atoms with Crippen LogP contribution in [-0.4, -0.2) is 17.2 Å². The normalized spacial score (nSPS) is 10.7. The number of benzene rings is 2. The number of nitrogens with one attached hydrogen (secondary N) is 1. The highest BCUT2D eigenvalue weighted by atomic mass is 35.5. The number of nitrogens with zero attached hydrogens (tertiary/aromatic N) is 1. The van der Waals surface area contributed by atoms with Gasteiger partial charge in [0, 0.05) is 5.56 Å². The number of phenolic OH excluding ortho intramolecular Hbond substituents is 1. The fraction of sp³-hybridized carbons (Fsp3) is 0.0667. The molecule has 0 spiro atoms. The van der Waals surface area contributed by atoms with Gasteiger partial charge in [0.25, 0.3) is 5.91 Å². The zero-order valence-electron chi connectivity index (χ0n) is 10.8. The van der Waals surface area contributed by atoms with Crippen LogP contribution in [0, 0.1) is 6.92 Å². The summed E-state index contributed by atoms with van der Waals surface area (Å²) < 4.78 is 0. The fourth-order valence-corrected chi connectivity index (χ4v) is 1.94. The molecule has 0 saturated carbocycles. The minimum absolute atomic E-state index is 0.0962. The fourth-order valence-electron chi connectivity index (χ4n) is 1.62. The van der Waals surface area contributed by atoms with Crippen molar-refractivity contribution in [3.8, 4) is 5.75 Å². The molecule has 2 aromatic rings. The van der Waals surface area contributed by atoms with Gasteiger partial charge in [-0.1, -0.05) is 29.8 Å². The van der Waals surface area contributed by atoms with Gasteiger partial charge in [0.1, 0.15) is 5.75 Å². The predicted octanol–water partition coefficient (Wildman–Crippen LogP) is 3.12. The van der Waals surface area contributed by atoms with Crippen molar-refractivity contribution < 1.29 is 9.90 Å². The van der Waals surface area contributed by atoms with Crippen molar-refractivity contribution in [2.24, 2.45) is 5.10 Å². The lowest BCUT2D eigenvalue weighted by Crippen LogP contribution is -2.18. The molecular formula is C15H13ClN2O2. The molecule has 2 rings (SSSR count). The van der Waals surface area contributed by atoms with Gasteiger partial charge in [-0.05, 0) is 36.8 Å². The molecule has 0 fully saturated rings. The first-order chi connectivity index (χ1) is 9.58. The summed E-state index contributed by atoms with van der Waals surface area (Å²) in [4.78, 5) is 11.9. The Balaban J connectivity index is 2.07. The topological polar surface area (TPSA) is 61.7 Å². The lowest BCUT2D eigenvalue weighted by molar-refractivity contribution is 0.0955. The van der Waals surface area contributed by atoms with Crippen LogP contribution in [0.4, 0.5) is 0 Å². The molecule has 0 atom stereocenters. The summed E-state index contributed by atoms with van der Waals surface area (Å²) in [5.41, 5.74) is 4.22. The van der Waals surface area contributed by atoms with Crippen LogP contribution in [0.3, 0.4) is 0 Å². The highest BCUT2D eigenvalue weighted by Gasteiger charge is 2.09. The number of hydrogen-bond acceptors (Lipinski definition) is 3. The Morgan fingerprint density at radius 3 is 2.75 bits per heavy atom. The Bertz CT molecular complexity index is 669. The maximum absolute atomic E-state index is 11.9. The summed E-state index contributed by atoms with van der Waals surface area (Å²) >= 11 is 5.99. The largest absolute Gasteiger partial charge is 0.507 e. The van der Waals surface area contributed by atoms with E-state index in [4.69, 9.17) is 11.6 Å². The molecule has 2 N–H and O–H groups in total. The molecule has 20 heavy (non-hydrogen) atoms. The van der Waals surface area contributed by atoms with Crippen molar-refractivity contribution in [3.63, 3.8) is 0 Å². The summed E-state index contributed by atoms with van der Waals surface area (Å²) in [6.07, 6.45) is 1.37. The number of amides is 1. The third kappa shape index (κ3) is 3.36. The average molecular weight is 289 g/mol. The molecule has 0 saturated heterocycles. The SMILES string of the molecule is Cc1ccc(C(=O)N/N=C\c2ccccc2O)c(Cl)c1. The van der Waals surface area contributed by atoms with E-state index in [-0.39, 0.29) is 5.75 Å². The van der Waals surface area contributed by atoms with Crippen LogP contribution in [0.5, 0.6) is 5.75 Å². The van der Waals surface area contributed by atoms with Gasteiger partial charge in [-0.2, -0.15) is 5.10 Å². The first-order valence-corrected chi connectivity index (χ1v) is 6.33. The highest BCUT2D eigenvalue weighted by molar-refractivity contribution is 6.33. The molecule has 0 aromatic heterocycles. The quantitative estimate of drug-likeness (QED) is 0.673. The third-order valence-electron chi connectivity index (χ3n) is 2.68. The van der Waals surface area contributed by atoms with E-state index in [1.807, 2.05) is 6.92 Å². The second-order valence-corrected chi connectivity index (χ2v) is 4.65. The average Bonchev–Trinajstić information content (AvgIpc) is 2.40. The molecule has 0 bridgehead atoms. The van der Waals surface area contributed by atoms with E-state index in [9.17, 15) is 9.90 Å². The zero-order valence-corrected chi connectivity index (χ0v) is 11.6. The van der Waals surface area contributed by atoms with Crippen molar-refractivity contribution in [2.45, 2.75) is 6.92 Å². The maximum atomic E-state index is 11.9. The lowest BCUT2D eigenvalue weighted by Gasteiger charge is -2.03. The van der Waals surface area contributed by atoms with Gasteiger partial charge in [-0.25, -0.2) is 5.43 Å². The number of carbonyl (C=O) groups excluding carboxylic acids is 1. The summed E-state index contributed by atoms with van der Waals surface area (Å²) in [5.74, 6) is -0.305. The van der Waals surface area contributed by atoms with Crippen LogP contribution in [0.15, 0.2) is 47.6 Å². The smallest absolute Gasteiger partial charge is 0.272 e. The number of phenols is 1. The summed E-state index contributed by atoms with van der Waals surface area (Å²) in [5, 5.41) is 13.7. The Kier molecular flexibility index (Phi) is 4.38. The first kappa shape index (κ1) is 14.1. The maximum Gasteiger partial charge on any atom is 0.272 e. The molecule has 0 aliphatic rings. The van der Waals surface area contributed by atoms with E-state index in [1.165, 1.54) is 6.21 Å². The summed E-state index contributed by atoms with van der Waals surface area (Å²) in [6, 6.07) is 11.8. The van der Waals surface area contributed by atoms with Crippen LogP contribution in [0.25, 0.3) is 0 Å². The van der Waals surface area contributed by atoms with Crippen molar-refractivity contribution in [2.75, 3.05) is 0 Å². The van der Waals surface area contributed by atoms with Crippen LogP contribution in [0.1, 0.15) is 21.5 Å². The number of rotatable bonds is 3. The van der Waals surface area contributed by atoms with Gasteiger partial charge in [0.2, 0.25) is 0 Å². The molecule has 0 aliphatic carbocycles. The molecule has 5 heteroatoms. The molecule has 0 unspecified atom stereocenters. The van der Waals surface area contributed by atoms with Crippen LogP contribution in [0.2, 0.25) is 5.02 Å². The minimum Gasteiger partial charge on any atom is -0.507 e. The van der Waals surface area contributed by atoms with E-state index in [2.05, 4.69) is 10.5 Å². The van der Waals surface area contributed by atoms with Crippen LogP contribution < -0.4 is 5.43 Å². The summed E-state index contributed by atoms with van der Waals surface area (Å²) in [6.45, 7) is 1.89. The van der Waals surface area contributed by atoms with E-state index >= 15 is 0 Å². The zero-order chi connectivity index (χ0) is 14.5. The molecule has 102 valence electrons. The van der Waals surface area contributed by atoms with E-state index in [0.29, 0.717) is 16.1 Å². The number of halogens is 1. The van der Waals surface area contributed by atoms with Crippen molar-refractivity contribution in [1.82, 2.24) is 5.43 Å². The van der Waals surface area contributed by atoms with Gasteiger partial charge in [0.15, 0.2) is 0 Å². The first-order valence-electron chi connectivity index (χ1n) is 5.95. The molecule has 0 heterocycles.